The van der Waals surface area contributed by atoms with E-state index in [9.17, 15) is 0 Å². The summed E-state index contributed by atoms with van der Waals surface area (Å²) in [7, 11) is 0. The molecule has 0 bridgehead atoms. The molecule has 1 aromatic carbocycles. The molecule has 0 aliphatic rings. The fourth-order valence-electron chi connectivity index (χ4n) is 2.45. The van der Waals surface area contributed by atoms with Gasteiger partial charge in [-0.3, -0.25) is 4.98 Å². The van der Waals surface area contributed by atoms with Gasteiger partial charge in [0.25, 0.3) is 0 Å². The van der Waals surface area contributed by atoms with Crippen molar-refractivity contribution in [2.24, 2.45) is 0 Å². The molecule has 0 fully saturated rings. The Hall–Kier alpha value is -2.20. The van der Waals surface area contributed by atoms with Crippen LogP contribution in [0.1, 0.15) is 29.7 Å². The van der Waals surface area contributed by atoms with Crippen molar-refractivity contribution in [3.63, 3.8) is 0 Å². The third kappa shape index (κ3) is 2.30. The summed E-state index contributed by atoms with van der Waals surface area (Å²) in [6, 6.07) is 8.76. The molecule has 3 aromatic rings. The molecule has 4 heteroatoms. The van der Waals surface area contributed by atoms with Gasteiger partial charge in [0.1, 0.15) is 0 Å². The second-order valence-corrected chi connectivity index (χ2v) is 4.91. The van der Waals surface area contributed by atoms with Crippen LogP contribution in [-0.4, -0.2) is 21.1 Å². The number of aromatic nitrogens is 3. The molecule has 1 atom stereocenters. The lowest BCUT2D eigenvalue weighted by atomic mass is 9.99. The highest BCUT2D eigenvalue weighted by atomic mass is 15.2. The topological polar surface area (TPSA) is 42.2 Å². The predicted molar refractivity (Wildman–Crippen MR) is 79.7 cm³/mol. The van der Waals surface area contributed by atoms with Crippen LogP contribution in [-0.2, 0) is 0 Å². The number of nitrogens with zero attached hydrogens (tertiary/aromatic N) is 3. The monoisotopic (exact) mass is 266 g/mol. The summed E-state index contributed by atoms with van der Waals surface area (Å²) in [6.45, 7) is 5.12. The van der Waals surface area contributed by atoms with Crippen molar-refractivity contribution in [2.45, 2.75) is 19.9 Å². The minimum atomic E-state index is 0.141. The largest absolute Gasteiger partial charge is 0.306 e. The van der Waals surface area contributed by atoms with Crippen LogP contribution in [0.2, 0.25) is 0 Å². The van der Waals surface area contributed by atoms with Gasteiger partial charge in [0, 0.05) is 18.0 Å². The fraction of sp³-hybridized carbons (Fsp3) is 0.250. The van der Waals surface area contributed by atoms with Crippen LogP contribution in [0.25, 0.3) is 5.52 Å². The molecule has 2 aromatic heterocycles. The minimum Gasteiger partial charge on any atom is -0.306 e. The number of fused-ring (bicyclic) bond motifs is 1. The summed E-state index contributed by atoms with van der Waals surface area (Å²) in [5, 5.41) is 7.93. The first-order chi connectivity index (χ1) is 9.79. The van der Waals surface area contributed by atoms with E-state index in [0.717, 1.165) is 17.6 Å². The van der Waals surface area contributed by atoms with Crippen LogP contribution in [0.15, 0.2) is 49.1 Å². The summed E-state index contributed by atoms with van der Waals surface area (Å²) >= 11 is 0. The number of aryl methyl sites for hydroxylation is 1. The number of nitrogens with one attached hydrogen (secondary N) is 1. The normalized spacial score (nSPS) is 12.7. The Bertz CT molecular complexity index is 700. The Morgan fingerprint density at radius 3 is 2.75 bits per heavy atom. The molecule has 0 amide bonds. The van der Waals surface area contributed by atoms with Crippen molar-refractivity contribution in [3.8, 4) is 0 Å². The van der Waals surface area contributed by atoms with E-state index in [-0.39, 0.29) is 6.04 Å². The van der Waals surface area contributed by atoms with Gasteiger partial charge in [0.15, 0.2) is 0 Å². The average molecular weight is 266 g/mol. The van der Waals surface area contributed by atoms with Gasteiger partial charge in [-0.1, -0.05) is 36.8 Å². The Morgan fingerprint density at radius 2 is 2.00 bits per heavy atom. The van der Waals surface area contributed by atoms with Gasteiger partial charge < -0.3 is 5.32 Å². The maximum absolute atomic E-state index is 4.40. The molecule has 3 rings (SSSR count). The molecule has 0 saturated heterocycles. The summed E-state index contributed by atoms with van der Waals surface area (Å²) in [5.74, 6) is 0. The van der Waals surface area contributed by atoms with Gasteiger partial charge in [0.2, 0.25) is 0 Å². The van der Waals surface area contributed by atoms with E-state index >= 15 is 0 Å². The summed E-state index contributed by atoms with van der Waals surface area (Å²) in [4.78, 5) is 4.21. The first kappa shape index (κ1) is 12.8. The minimum absolute atomic E-state index is 0.141. The van der Waals surface area contributed by atoms with E-state index in [2.05, 4.69) is 53.5 Å². The Balaban J connectivity index is 2.08. The molecule has 1 unspecified atom stereocenters. The highest BCUT2D eigenvalue weighted by Gasteiger charge is 2.17. The molecule has 0 radical (unpaired) electrons. The molecule has 0 spiro atoms. The molecular weight excluding hydrogens is 248 g/mol. The van der Waals surface area contributed by atoms with Gasteiger partial charge in [-0.2, -0.15) is 5.10 Å². The van der Waals surface area contributed by atoms with Crippen molar-refractivity contribution in [3.05, 3.63) is 65.7 Å². The lowest BCUT2D eigenvalue weighted by molar-refractivity contribution is 0.634. The second-order valence-electron chi connectivity index (χ2n) is 4.91. The van der Waals surface area contributed by atoms with Crippen LogP contribution in [0.5, 0.6) is 0 Å². The Morgan fingerprint density at radius 1 is 1.20 bits per heavy atom. The smallest absolute Gasteiger partial charge is 0.0896 e. The van der Waals surface area contributed by atoms with E-state index in [0.29, 0.717) is 0 Å². The maximum Gasteiger partial charge on any atom is 0.0896 e. The molecule has 102 valence electrons. The molecule has 0 saturated carbocycles. The summed E-state index contributed by atoms with van der Waals surface area (Å²) in [6.07, 6.45) is 7.40. The van der Waals surface area contributed by atoms with Crippen molar-refractivity contribution in [1.82, 2.24) is 19.9 Å². The lowest BCUT2D eigenvalue weighted by Gasteiger charge is -2.17. The van der Waals surface area contributed by atoms with Crippen LogP contribution < -0.4 is 5.32 Å². The molecule has 1 N–H and O–H groups in total. The quantitative estimate of drug-likeness (QED) is 0.789. The van der Waals surface area contributed by atoms with E-state index < -0.39 is 0 Å². The van der Waals surface area contributed by atoms with E-state index in [1.165, 1.54) is 11.1 Å². The van der Waals surface area contributed by atoms with Gasteiger partial charge in [0.05, 0.1) is 24.0 Å². The molecule has 0 aliphatic heterocycles. The zero-order valence-electron chi connectivity index (χ0n) is 11.7. The van der Waals surface area contributed by atoms with Crippen molar-refractivity contribution in [2.75, 3.05) is 6.54 Å². The number of benzene rings is 1. The van der Waals surface area contributed by atoms with E-state index in [1.807, 2.05) is 23.1 Å². The zero-order valence-corrected chi connectivity index (χ0v) is 11.7. The number of hydrogen-bond acceptors (Lipinski definition) is 3. The molecule has 4 nitrogen and oxygen atoms in total. The third-order valence-corrected chi connectivity index (χ3v) is 3.48. The summed E-state index contributed by atoms with van der Waals surface area (Å²) < 4.78 is 1.86. The summed E-state index contributed by atoms with van der Waals surface area (Å²) in [5.41, 5.74) is 4.71. The van der Waals surface area contributed by atoms with Gasteiger partial charge in [-0.25, -0.2) is 4.52 Å². The zero-order chi connectivity index (χ0) is 13.9. The van der Waals surface area contributed by atoms with E-state index in [4.69, 9.17) is 0 Å². The van der Waals surface area contributed by atoms with Gasteiger partial charge in [-0.05, 0) is 19.0 Å². The lowest BCUT2D eigenvalue weighted by Crippen LogP contribution is -2.21. The standard InChI is InChI=1S/C16H18N4/c1-3-18-16(13-6-4-12(2)5-7-13)14-10-19-20-9-8-17-11-15(14)20/h4-11,16,18H,3H2,1-2H3. The van der Waals surface area contributed by atoms with Crippen LogP contribution in [0, 0.1) is 6.92 Å². The maximum atomic E-state index is 4.40. The van der Waals surface area contributed by atoms with Crippen molar-refractivity contribution in [1.29, 1.82) is 0 Å². The molecule has 2 heterocycles. The second kappa shape index (κ2) is 5.43. The Kier molecular flexibility index (Phi) is 3.48. The first-order valence-electron chi connectivity index (χ1n) is 6.87. The fourth-order valence-corrected chi connectivity index (χ4v) is 2.45. The van der Waals surface area contributed by atoms with Gasteiger partial charge >= 0.3 is 0 Å². The molecule has 20 heavy (non-hydrogen) atoms. The highest BCUT2D eigenvalue weighted by molar-refractivity contribution is 5.55. The number of rotatable bonds is 4. The molecular formula is C16H18N4. The third-order valence-electron chi connectivity index (χ3n) is 3.48. The van der Waals surface area contributed by atoms with E-state index in [1.54, 1.807) is 6.20 Å². The number of hydrogen-bond donors (Lipinski definition) is 1. The van der Waals surface area contributed by atoms with Crippen LogP contribution >= 0.6 is 0 Å². The highest BCUT2D eigenvalue weighted by Crippen LogP contribution is 2.25. The van der Waals surface area contributed by atoms with Crippen molar-refractivity contribution < 1.29 is 0 Å². The molecule has 0 aliphatic carbocycles. The van der Waals surface area contributed by atoms with Crippen molar-refractivity contribution >= 4 is 5.52 Å². The average Bonchev–Trinajstić information content (AvgIpc) is 2.90. The Labute approximate surface area is 118 Å². The predicted octanol–water partition coefficient (Wildman–Crippen LogP) is 2.74. The van der Waals surface area contributed by atoms with Crippen LogP contribution in [0.3, 0.4) is 0 Å². The van der Waals surface area contributed by atoms with Crippen LogP contribution in [0.4, 0.5) is 0 Å². The van der Waals surface area contributed by atoms with Gasteiger partial charge in [-0.15, -0.1) is 0 Å². The SMILES string of the molecule is CCNC(c1ccc(C)cc1)c1cnn2ccncc12. The first-order valence-corrected chi connectivity index (χ1v) is 6.87.